The number of rotatable bonds is 5. The Labute approximate surface area is 114 Å². The lowest BCUT2D eigenvalue weighted by atomic mass is 10.1. The molecule has 0 aliphatic rings. The zero-order valence-electron chi connectivity index (χ0n) is 10.4. The number of aliphatic carboxylic acids is 1. The van der Waals surface area contributed by atoms with Crippen LogP contribution in [0.5, 0.6) is 0 Å². The van der Waals surface area contributed by atoms with Crippen molar-refractivity contribution in [2.45, 2.75) is 19.5 Å². The van der Waals surface area contributed by atoms with Crippen LogP contribution in [-0.2, 0) is 11.3 Å². The Morgan fingerprint density at radius 1 is 1.47 bits per heavy atom. The van der Waals surface area contributed by atoms with Gasteiger partial charge in [0, 0.05) is 17.0 Å². The number of hydrogen-bond donors (Lipinski definition) is 2. The first-order chi connectivity index (χ1) is 9.08. The molecule has 0 aliphatic heterocycles. The summed E-state index contributed by atoms with van der Waals surface area (Å²) in [5.41, 5.74) is 1.41. The summed E-state index contributed by atoms with van der Waals surface area (Å²) in [6.45, 7) is 1.97. The highest BCUT2D eigenvalue weighted by atomic mass is 32.1. The minimum absolute atomic E-state index is 0.266. The van der Waals surface area contributed by atoms with Crippen LogP contribution in [0.2, 0.25) is 0 Å². The average molecular weight is 279 g/mol. The lowest BCUT2D eigenvalue weighted by molar-refractivity contribution is -0.139. The molecular formula is C14H14FNO2S. The van der Waals surface area contributed by atoms with Crippen molar-refractivity contribution in [3.8, 4) is 10.4 Å². The summed E-state index contributed by atoms with van der Waals surface area (Å²) >= 11 is 1.47. The van der Waals surface area contributed by atoms with Crippen molar-refractivity contribution in [1.82, 2.24) is 5.32 Å². The topological polar surface area (TPSA) is 49.3 Å². The number of halogens is 1. The summed E-state index contributed by atoms with van der Waals surface area (Å²) in [6, 6.07) is 7.93. The van der Waals surface area contributed by atoms with Crippen molar-refractivity contribution in [3.05, 3.63) is 47.1 Å². The minimum Gasteiger partial charge on any atom is -0.480 e. The lowest BCUT2D eigenvalue weighted by Crippen LogP contribution is -2.33. The van der Waals surface area contributed by atoms with Crippen molar-refractivity contribution in [2.24, 2.45) is 0 Å². The van der Waals surface area contributed by atoms with E-state index < -0.39 is 12.0 Å². The number of hydrogen-bond acceptors (Lipinski definition) is 3. The molecule has 0 radical (unpaired) electrons. The Morgan fingerprint density at radius 3 is 2.89 bits per heavy atom. The van der Waals surface area contributed by atoms with Gasteiger partial charge in [0.05, 0.1) is 0 Å². The molecule has 0 aliphatic carbocycles. The Bertz CT molecular complexity index is 569. The summed E-state index contributed by atoms with van der Waals surface area (Å²) in [5.74, 6) is -1.17. The smallest absolute Gasteiger partial charge is 0.320 e. The Kier molecular flexibility index (Phi) is 4.29. The normalized spacial score (nSPS) is 12.3. The molecule has 1 aromatic heterocycles. The maximum Gasteiger partial charge on any atom is 0.320 e. The predicted octanol–water partition coefficient (Wildman–Crippen LogP) is 3.12. The van der Waals surface area contributed by atoms with Gasteiger partial charge >= 0.3 is 5.97 Å². The molecule has 100 valence electrons. The number of nitrogens with one attached hydrogen (secondary N) is 1. The van der Waals surface area contributed by atoms with Gasteiger partial charge in [-0.2, -0.15) is 0 Å². The van der Waals surface area contributed by atoms with Crippen LogP contribution in [0.25, 0.3) is 10.4 Å². The number of carboxylic acid groups (broad SMARTS) is 1. The van der Waals surface area contributed by atoms with Crippen LogP contribution in [0.1, 0.15) is 12.5 Å². The first-order valence-corrected chi connectivity index (χ1v) is 6.74. The minimum atomic E-state index is -0.902. The molecule has 2 aromatic rings. The van der Waals surface area contributed by atoms with E-state index >= 15 is 0 Å². The summed E-state index contributed by atoms with van der Waals surface area (Å²) in [4.78, 5) is 11.6. The van der Waals surface area contributed by atoms with Crippen molar-refractivity contribution in [1.29, 1.82) is 0 Å². The van der Waals surface area contributed by atoms with Crippen LogP contribution < -0.4 is 5.32 Å². The molecule has 0 bridgehead atoms. The Hall–Kier alpha value is -1.72. The van der Waals surface area contributed by atoms with Crippen LogP contribution in [0, 0.1) is 5.82 Å². The molecule has 2 rings (SSSR count). The molecule has 1 aromatic carbocycles. The van der Waals surface area contributed by atoms with Gasteiger partial charge in [0.2, 0.25) is 0 Å². The highest BCUT2D eigenvalue weighted by Gasteiger charge is 2.11. The van der Waals surface area contributed by atoms with E-state index in [1.54, 1.807) is 19.1 Å². The largest absolute Gasteiger partial charge is 0.480 e. The third-order valence-electron chi connectivity index (χ3n) is 2.80. The van der Waals surface area contributed by atoms with Gasteiger partial charge in [-0.05, 0) is 36.1 Å². The third kappa shape index (κ3) is 3.39. The van der Waals surface area contributed by atoms with Gasteiger partial charge in [-0.15, -0.1) is 11.3 Å². The Balaban J connectivity index is 2.15. The SMILES string of the molecule is CC(NCc1ccc(F)c(-c2cccs2)c1)C(=O)O. The van der Waals surface area contributed by atoms with E-state index in [-0.39, 0.29) is 5.82 Å². The standard InChI is InChI=1S/C14H14FNO2S/c1-9(14(17)18)16-8-10-4-5-12(15)11(7-10)13-3-2-6-19-13/h2-7,9,16H,8H2,1H3,(H,17,18). The fourth-order valence-corrected chi connectivity index (χ4v) is 2.41. The van der Waals surface area contributed by atoms with E-state index in [0.717, 1.165) is 10.4 Å². The molecule has 1 atom stereocenters. The maximum atomic E-state index is 13.8. The molecule has 19 heavy (non-hydrogen) atoms. The lowest BCUT2D eigenvalue weighted by Gasteiger charge is -2.10. The van der Waals surface area contributed by atoms with Gasteiger partial charge < -0.3 is 10.4 Å². The molecule has 0 amide bonds. The van der Waals surface area contributed by atoms with E-state index in [0.29, 0.717) is 12.1 Å². The molecule has 1 unspecified atom stereocenters. The Morgan fingerprint density at radius 2 is 2.26 bits per heavy atom. The molecule has 5 heteroatoms. The number of benzene rings is 1. The highest BCUT2D eigenvalue weighted by molar-refractivity contribution is 7.13. The average Bonchev–Trinajstić information content (AvgIpc) is 2.91. The van der Waals surface area contributed by atoms with Crippen molar-refractivity contribution < 1.29 is 14.3 Å². The molecule has 0 saturated heterocycles. The van der Waals surface area contributed by atoms with Gasteiger partial charge in [-0.1, -0.05) is 12.1 Å². The highest BCUT2D eigenvalue weighted by Crippen LogP contribution is 2.28. The van der Waals surface area contributed by atoms with Gasteiger partial charge in [0.1, 0.15) is 11.9 Å². The second-order valence-electron chi connectivity index (χ2n) is 4.23. The summed E-state index contributed by atoms with van der Waals surface area (Å²) in [5, 5.41) is 13.6. The molecule has 3 nitrogen and oxygen atoms in total. The van der Waals surface area contributed by atoms with E-state index in [1.165, 1.54) is 17.4 Å². The number of carbonyl (C=O) groups is 1. The zero-order chi connectivity index (χ0) is 13.8. The summed E-state index contributed by atoms with van der Waals surface area (Å²) in [7, 11) is 0. The second kappa shape index (κ2) is 5.95. The zero-order valence-corrected chi connectivity index (χ0v) is 11.2. The fourth-order valence-electron chi connectivity index (χ4n) is 1.66. The van der Waals surface area contributed by atoms with Crippen LogP contribution >= 0.6 is 11.3 Å². The van der Waals surface area contributed by atoms with Crippen molar-refractivity contribution >= 4 is 17.3 Å². The molecule has 0 fully saturated rings. The van der Waals surface area contributed by atoms with E-state index in [1.807, 2.05) is 17.5 Å². The van der Waals surface area contributed by atoms with Gasteiger partial charge in [0.15, 0.2) is 0 Å². The van der Waals surface area contributed by atoms with E-state index in [4.69, 9.17) is 5.11 Å². The number of carboxylic acids is 1. The first kappa shape index (κ1) is 13.7. The van der Waals surface area contributed by atoms with E-state index in [9.17, 15) is 9.18 Å². The first-order valence-electron chi connectivity index (χ1n) is 5.86. The molecular weight excluding hydrogens is 265 g/mol. The van der Waals surface area contributed by atoms with Crippen LogP contribution in [0.4, 0.5) is 4.39 Å². The monoisotopic (exact) mass is 279 g/mol. The molecule has 2 N–H and O–H groups in total. The van der Waals surface area contributed by atoms with Crippen LogP contribution in [-0.4, -0.2) is 17.1 Å². The molecule has 1 heterocycles. The third-order valence-corrected chi connectivity index (χ3v) is 3.70. The number of thiophene rings is 1. The quantitative estimate of drug-likeness (QED) is 0.884. The second-order valence-corrected chi connectivity index (χ2v) is 5.18. The van der Waals surface area contributed by atoms with Gasteiger partial charge in [-0.25, -0.2) is 4.39 Å². The summed E-state index contributed by atoms with van der Waals surface area (Å²) in [6.07, 6.45) is 0. The van der Waals surface area contributed by atoms with Crippen LogP contribution in [0.3, 0.4) is 0 Å². The predicted molar refractivity (Wildman–Crippen MR) is 73.7 cm³/mol. The van der Waals surface area contributed by atoms with Gasteiger partial charge in [0.25, 0.3) is 0 Å². The van der Waals surface area contributed by atoms with Crippen LogP contribution in [0.15, 0.2) is 35.7 Å². The maximum absolute atomic E-state index is 13.8. The fraction of sp³-hybridized carbons (Fsp3) is 0.214. The van der Waals surface area contributed by atoms with Gasteiger partial charge in [-0.3, -0.25) is 4.79 Å². The molecule has 0 spiro atoms. The van der Waals surface area contributed by atoms with E-state index in [2.05, 4.69) is 5.32 Å². The molecule has 0 saturated carbocycles. The van der Waals surface area contributed by atoms with Crippen molar-refractivity contribution in [3.63, 3.8) is 0 Å². The summed E-state index contributed by atoms with van der Waals surface area (Å²) < 4.78 is 13.8. The van der Waals surface area contributed by atoms with Crippen molar-refractivity contribution in [2.75, 3.05) is 0 Å².